The molecule has 0 aliphatic carbocycles. The Morgan fingerprint density at radius 1 is 0.833 bits per heavy atom. The average molecular weight is 244 g/mol. The van der Waals surface area contributed by atoms with E-state index in [1.807, 2.05) is 34.2 Å². The molecule has 94 valence electrons. The number of nitrogens with zero attached hydrogens (tertiary/aromatic N) is 4. The van der Waals surface area contributed by atoms with Crippen LogP contribution in [0.2, 0.25) is 0 Å². The van der Waals surface area contributed by atoms with Gasteiger partial charge in [0.1, 0.15) is 24.8 Å². The zero-order valence-corrected chi connectivity index (χ0v) is 10.7. The molecule has 0 bridgehead atoms. The van der Waals surface area contributed by atoms with Gasteiger partial charge in [-0.15, -0.1) is 0 Å². The molecule has 2 heterocycles. The number of imidazole rings is 2. The lowest BCUT2D eigenvalue weighted by Gasteiger charge is -1.96. The van der Waals surface area contributed by atoms with Crippen molar-refractivity contribution in [2.45, 2.75) is 25.9 Å². The number of aryl methyl sites for hydroxylation is 2. The van der Waals surface area contributed by atoms with Crippen molar-refractivity contribution in [1.29, 1.82) is 0 Å². The molecular weight excluding hydrogens is 224 g/mol. The fourth-order valence-corrected chi connectivity index (χ4v) is 1.89. The van der Waals surface area contributed by atoms with Gasteiger partial charge in [-0.25, -0.2) is 18.3 Å². The molecule has 0 aliphatic heterocycles. The second-order valence-electron chi connectivity index (χ2n) is 4.27. The molecule has 0 saturated carbocycles. The van der Waals surface area contributed by atoms with E-state index in [9.17, 15) is 0 Å². The molecule has 2 aromatic heterocycles. The van der Waals surface area contributed by atoms with Gasteiger partial charge in [0, 0.05) is 0 Å². The van der Waals surface area contributed by atoms with Crippen molar-refractivity contribution in [2.24, 2.45) is 0 Å². The first-order chi connectivity index (χ1) is 8.81. The number of aromatic nitrogens is 4. The van der Waals surface area contributed by atoms with E-state index in [4.69, 9.17) is 0 Å². The van der Waals surface area contributed by atoms with E-state index in [-0.39, 0.29) is 0 Å². The first-order valence-corrected chi connectivity index (χ1v) is 6.20. The number of hydrogen-bond donors (Lipinski definition) is 0. The van der Waals surface area contributed by atoms with Crippen LogP contribution < -0.4 is 9.13 Å². The summed E-state index contributed by atoms with van der Waals surface area (Å²) in [6.07, 6.45) is 18.2. The predicted octanol–water partition coefficient (Wildman–Crippen LogP) is 1.55. The summed E-state index contributed by atoms with van der Waals surface area (Å²) >= 11 is 0. The molecule has 0 amide bonds. The largest absolute Gasteiger partial charge is 0.248 e. The van der Waals surface area contributed by atoms with Crippen LogP contribution in [0.4, 0.5) is 0 Å². The molecule has 4 heteroatoms. The number of unbranched alkanes of at least 4 members (excludes halogenated alkanes) is 1. The Morgan fingerprint density at radius 3 is 1.61 bits per heavy atom. The Morgan fingerprint density at radius 2 is 1.28 bits per heavy atom. The van der Waals surface area contributed by atoms with Crippen molar-refractivity contribution in [3.8, 4) is 0 Å². The van der Waals surface area contributed by atoms with Gasteiger partial charge in [-0.05, 0) is 12.8 Å². The Hall–Kier alpha value is -2.10. The lowest BCUT2D eigenvalue weighted by molar-refractivity contribution is -0.707. The van der Waals surface area contributed by atoms with Crippen LogP contribution in [-0.2, 0) is 13.1 Å². The fourth-order valence-electron chi connectivity index (χ4n) is 1.89. The van der Waals surface area contributed by atoms with Crippen LogP contribution in [0.15, 0.2) is 50.6 Å². The van der Waals surface area contributed by atoms with Crippen molar-refractivity contribution in [2.75, 3.05) is 0 Å². The molecule has 18 heavy (non-hydrogen) atoms. The zero-order valence-electron chi connectivity index (χ0n) is 10.7. The Bertz CT molecular complexity index is 473. The zero-order chi connectivity index (χ0) is 12.8. The monoisotopic (exact) mass is 244 g/mol. The third-order valence-corrected chi connectivity index (χ3v) is 2.93. The minimum absolute atomic E-state index is 1.05. The molecule has 0 unspecified atom stereocenters. The Labute approximate surface area is 108 Å². The predicted molar refractivity (Wildman–Crippen MR) is 71.3 cm³/mol. The summed E-state index contributed by atoms with van der Waals surface area (Å²) in [7, 11) is 0. The van der Waals surface area contributed by atoms with Crippen molar-refractivity contribution >= 4 is 12.4 Å². The molecule has 0 atom stereocenters. The van der Waals surface area contributed by atoms with Gasteiger partial charge in [-0.2, -0.15) is 0 Å². The van der Waals surface area contributed by atoms with E-state index in [0.29, 0.717) is 0 Å². The third kappa shape index (κ3) is 3.20. The standard InChI is InChI=1S/C14H20N4/c1-3-15-9-11-17(13-15)7-5-6-8-18-12-10-16(4-2)14-18/h3-4,9-14H,1-2,5-8H2/q+2. The topological polar surface area (TPSA) is 17.6 Å². The molecule has 0 aliphatic rings. The smallest absolute Gasteiger partial charge is 0.236 e. The molecule has 2 aromatic rings. The molecule has 0 fully saturated rings. The molecule has 0 radical (unpaired) electrons. The van der Waals surface area contributed by atoms with Gasteiger partial charge >= 0.3 is 0 Å². The van der Waals surface area contributed by atoms with Crippen LogP contribution in [-0.4, -0.2) is 9.13 Å². The maximum atomic E-state index is 3.73. The van der Waals surface area contributed by atoms with Crippen LogP contribution in [0.3, 0.4) is 0 Å². The highest BCUT2D eigenvalue weighted by Gasteiger charge is 2.03. The summed E-state index contributed by atoms with van der Waals surface area (Å²) in [6, 6.07) is 0. The Kier molecular flexibility index (Phi) is 4.12. The van der Waals surface area contributed by atoms with E-state index in [1.165, 1.54) is 0 Å². The summed E-state index contributed by atoms with van der Waals surface area (Å²) in [6.45, 7) is 9.54. The van der Waals surface area contributed by atoms with Crippen molar-refractivity contribution in [3.63, 3.8) is 0 Å². The Balaban J connectivity index is 1.72. The van der Waals surface area contributed by atoms with Crippen molar-refractivity contribution in [1.82, 2.24) is 9.13 Å². The van der Waals surface area contributed by atoms with Gasteiger partial charge in [0.2, 0.25) is 12.7 Å². The minimum Gasteiger partial charge on any atom is -0.236 e. The fraction of sp³-hybridized carbons (Fsp3) is 0.286. The highest BCUT2D eigenvalue weighted by molar-refractivity contribution is 5.13. The second kappa shape index (κ2) is 6.00. The van der Waals surface area contributed by atoms with Crippen LogP contribution in [0.25, 0.3) is 12.4 Å². The molecule has 0 aromatic carbocycles. The van der Waals surface area contributed by atoms with E-state index in [2.05, 4.69) is 34.7 Å². The van der Waals surface area contributed by atoms with E-state index >= 15 is 0 Å². The molecular formula is C14H20N4+2. The molecule has 4 nitrogen and oxygen atoms in total. The summed E-state index contributed by atoms with van der Waals surface area (Å²) in [5, 5.41) is 0. The van der Waals surface area contributed by atoms with Gasteiger partial charge in [0.25, 0.3) is 0 Å². The normalized spacial score (nSPS) is 10.4. The molecule has 0 saturated heterocycles. The first kappa shape index (κ1) is 12.4. The highest BCUT2D eigenvalue weighted by atomic mass is 15.1. The molecule has 0 N–H and O–H groups in total. The second-order valence-corrected chi connectivity index (χ2v) is 4.27. The lowest BCUT2D eigenvalue weighted by atomic mass is 10.3. The molecule has 2 rings (SSSR count). The summed E-state index contributed by atoms with van der Waals surface area (Å²) in [4.78, 5) is 0. The van der Waals surface area contributed by atoms with Crippen LogP contribution in [0.1, 0.15) is 12.8 Å². The first-order valence-electron chi connectivity index (χ1n) is 6.20. The number of rotatable bonds is 7. The summed E-state index contributed by atoms with van der Waals surface area (Å²) < 4.78 is 8.28. The quantitative estimate of drug-likeness (QED) is 0.519. The van der Waals surface area contributed by atoms with Crippen molar-refractivity contribution < 1.29 is 9.13 Å². The van der Waals surface area contributed by atoms with Gasteiger partial charge in [-0.3, -0.25) is 0 Å². The number of hydrogen-bond acceptors (Lipinski definition) is 0. The van der Waals surface area contributed by atoms with Crippen molar-refractivity contribution in [3.05, 3.63) is 50.6 Å². The van der Waals surface area contributed by atoms with Crippen LogP contribution in [0, 0.1) is 0 Å². The van der Waals surface area contributed by atoms with E-state index in [1.54, 1.807) is 12.4 Å². The molecule has 0 spiro atoms. The van der Waals surface area contributed by atoms with Crippen LogP contribution in [0.5, 0.6) is 0 Å². The van der Waals surface area contributed by atoms with E-state index in [0.717, 1.165) is 25.9 Å². The lowest BCUT2D eigenvalue weighted by Crippen LogP contribution is -2.33. The summed E-state index contributed by atoms with van der Waals surface area (Å²) in [5.41, 5.74) is 0. The van der Waals surface area contributed by atoms with E-state index < -0.39 is 0 Å². The maximum absolute atomic E-state index is 3.73. The minimum atomic E-state index is 1.05. The SMILES string of the molecule is C=Cn1cc[n+](CCCC[n+]2ccn(C=C)c2)c1. The maximum Gasteiger partial charge on any atom is 0.248 e. The van der Waals surface area contributed by atoms with Crippen LogP contribution >= 0.6 is 0 Å². The van der Waals surface area contributed by atoms with Gasteiger partial charge < -0.3 is 0 Å². The highest BCUT2D eigenvalue weighted by Crippen LogP contribution is 1.92. The van der Waals surface area contributed by atoms with Gasteiger partial charge in [-0.1, -0.05) is 13.2 Å². The summed E-state index contributed by atoms with van der Waals surface area (Å²) in [5.74, 6) is 0. The van der Waals surface area contributed by atoms with Gasteiger partial charge in [0.15, 0.2) is 0 Å². The third-order valence-electron chi connectivity index (χ3n) is 2.93. The van der Waals surface area contributed by atoms with Gasteiger partial charge in [0.05, 0.1) is 25.5 Å². The average Bonchev–Trinajstić information content (AvgIpc) is 3.03.